The van der Waals surface area contributed by atoms with Crippen LogP contribution in [0.2, 0.25) is 0 Å². The summed E-state index contributed by atoms with van der Waals surface area (Å²) in [6.45, 7) is 11.8. The topological polar surface area (TPSA) is 34.1 Å². The summed E-state index contributed by atoms with van der Waals surface area (Å²) < 4.78 is 5.39. The van der Waals surface area contributed by atoms with Crippen molar-refractivity contribution in [1.82, 2.24) is 10.3 Å². The molecule has 0 aromatic carbocycles. The summed E-state index contributed by atoms with van der Waals surface area (Å²) >= 11 is 0. The smallest absolute Gasteiger partial charge is 0.120 e. The van der Waals surface area contributed by atoms with E-state index in [0.717, 1.165) is 24.1 Å². The van der Waals surface area contributed by atoms with Crippen LogP contribution < -0.4 is 5.32 Å². The minimum absolute atomic E-state index is 0.303. The molecule has 0 aliphatic rings. The molecule has 1 aromatic heterocycles. The first-order valence-corrected chi connectivity index (χ1v) is 6.19. The van der Waals surface area contributed by atoms with Crippen LogP contribution in [0.1, 0.15) is 44.4 Å². The first-order chi connectivity index (χ1) is 8.19. The summed E-state index contributed by atoms with van der Waals surface area (Å²) in [4.78, 5) is 4.24. The van der Waals surface area contributed by atoms with Crippen molar-refractivity contribution >= 4 is 5.76 Å². The lowest BCUT2D eigenvalue weighted by molar-refractivity contribution is 0.299. The Labute approximate surface area is 104 Å². The average molecular weight is 234 g/mol. The monoisotopic (exact) mass is 234 g/mol. The third-order valence-electron chi connectivity index (χ3n) is 2.60. The molecular formula is C14H22N2O. The number of pyridine rings is 1. The lowest BCUT2D eigenvalue weighted by Gasteiger charge is -2.14. The zero-order chi connectivity index (χ0) is 12.7. The fraction of sp³-hybridized carbons (Fsp3) is 0.500. The van der Waals surface area contributed by atoms with Gasteiger partial charge in [0, 0.05) is 24.0 Å². The molecule has 0 amide bonds. The van der Waals surface area contributed by atoms with Crippen molar-refractivity contribution in [3.8, 4) is 0 Å². The van der Waals surface area contributed by atoms with Crippen molar-refractivity contribution in [2.75, 3.05) is 13.2 Å². The van der Waals surface area contributed by atoms with Gasteiger partial charge in [-0.2, -0.15) is 0 Å². The number of ether oxygens (including phenoxy) is 1. The summed E-state index contributed by atoms with van der Waals surface area (Å²) in [5, 5.41) is 3.44. The van der Waals surface area contributed by atoms with E-state index in [1.807, 2.05) is 13.1 Å². The van der Waals surface area contributed by atoms with E-state index in [4.69, 9.17) is 4.74 Å². The fourth-order valence-corrected chi connectivity index (χ4v) is 1.58. The highest BCUT2D eigenvalue weighted by Gasteiger charge is 2.07. The Bertz CT molecular complexity index is 363. The molecule has 1 rings (SSSR count). The third kappa shape index (κ3) is 4.19. The average Bonchev–Trinajstić information content (AvgIpc) is 2.36. The van der Waals surface area contributed by atoms with Gasteiger partial charge >= 0.3 is 0 Å². The van der Waals surface area contributed by atoms with E-state index in [1.165, 1.54) is 0 Å². The lowest BCUT2D eigenvalue weighted by Crippen LogP contribution is -2.19. The number of hydrogen-bond acceptors (Lipinski definition) is 3. The van der Waals surface area contributed by atoms with Gasteiger partial charge in [-0.3, -0.25) is 4.98 Å². The Balaban J connectivity index is 2.74. The maximum absolute atomic E-state index is 5.39. The van der Waals surface area contributed by atoms with Gasteiger partial charge in [0.15, 0.2) is 0 Å². The van der Waals surface area contributed by atoms with Crippen molar-refractivity contribution in [3.63, 3.8) is 0 Å². The molecule has 0 aliphatic heterocycles. The van der Waals surface area contributed by atoms with Crippen LogP contribution in [0.3, 0.4) is 0 Å². The molecule has 1 aromatic rings. The molecule has 0 saturated carbocycles. The Morgan fingerprint density at radius 1 is 1.47 bits per heavy atom. The SMILES string of the molecule is C=C(OCC)c1cncc(C(C)NCCC)c1. The Morgan fingerprint density at radius 2 is 2.24 bits per heavy atom. The molecule has 3 heteroatoms. The normalized spacial score (nSPS) is 12.2. The first kappa shape index (κ1) is 13.7. The number of nitrogens with one attached hydrogen (secondary N) is 1. The van der Waals surface area contributed by atoms with Crippen LogP contribution in [-0.4, -0.2) is 18.1 Å². The van der Waals surface area contributed by atoms with Gasteiger partial charge in [-0.15, -0.1) is 0 Å². The van der Waals surface area contributed by atoms with E-state index in [1.54, 1.807) is 6.20 Å². The Kier molecular flexibility index (Phi) is 5.70. The molecular weight excluding hydrogens is 212 g/mol. The van der Waals surface area contributed by atoms with Crippen LogP contribution in [0.25, 0.3) is 5.76 Å². The number of nitrogens with zero attached hydrogens (tertiary/aromatic N) is 1. The Hall–Kier alpha value is -1.35. The predicted molar refractivity (Wildman–Crippen MR) is 71.6 cm³/mol. The fourth-order valence-electron chi connectivity index (χ4n) is 1.58. The van der Waals surface area contributed by atoms with Crippen molar-refractivity contribution in [1.29, 1.82) is 0 Å². The molecule has 3 nitrogen and oxygen atoms in total. The van der Waals surface area contributed by atoms with Crippen molar-refractivity contribution in [2.24, 2.45) is 0 Å². The van der Waals surface area contributed by atoms with E-state index >= 15 is 0 Å². The highest BCUT2D eigenvalue weighted by Crippen LogP contribution is 2.18. The highest BCUT2D eigenvalue weighted by molar-refractivity contribution is 5.57. The maximum Gasteiger partial charge on any atom is 0.120 e. The van der Waals surface area contributed by atoms with Gasteiger partial charge < -0.3 is 10.1 Å². The van der Waals surface area contributed by atoms with E-state index in [2.05, 4.69) is 36.8 Å². The molecule has 94 valence electrons. The summed E-state index contributed by atoms with van der Waals surface area (Å²) in [6, 6.07) is 2.38. The molecule has 0 saturated heterocycles. The summed E-state index contributed by atoms with van der Waals surface area (Å²) in [5.41, 5.74) is 2.12. The van der Waals surface area contributed by atoms with Gasteiger partial charge in [-0.05, 0) is 38.4 Å². The minimum atomic E-state index is 0.303. The number of aromatic nitrogens is 1. The summed E-state index contributed by atoms with van der Waals surface area (Å²) in [5.74, 6) is 0.685. The van der Waals surface area contributed by atoms with Gasteiger partial charge in [0.25, 0.3) is 0 Å². The standard InChI is InChI=1S/C14H22N2O/c1-5-7-16-11(3)13-8-14(10-15-9-13)12(4)17-6-2/h8-11,16H,4-7H2,1-3H3. The molecule has 0 bridgehead atoms. The second-order valence-electron chi connectivity index (χ2n) is 4.04. The summed E-state index contributed by atoms with van der Waals surface area (Å²) in [7, 11) is 0. The zero-order valence-electron chi connectivity index (χ0n) is 11.0. The second kappa shape index (κ2) is 7.07. The van der Waals surface area contributed by atoms with E-state index in [0.29, 0.717) is 18.4 Å². The quantitative estimate of drug-likeness (QED) is 0.736. The Morgan fingerprint density at radius 3 is 2.88 bits per heavy atom. The summed E-state index contributed by atoms with van der Waals surface area (Å²) in [6.07, 6.45) is 4.80. The zero-order valence-corrected chi connectivity index (χ0v) is 11.0. The van der Waals surface area contributed by atoms with Gasteiger partial charge in [0.1, 0.15) is 5.76 Å². The van der Waals surface area contributed by atoms with Gasteiger partial charge in [0.2, 0.25) is 0 Å². The molecule has 0 fully saturated rings. The van der Waals surface area contributed by atoms with Crippen LogP contribution in [0.15, 0.2) is 25.0 Å². The molecule has 0 radical (unpaired) electrons. The van der Waals surface area contributed by atoms with Gasteiger partial charge in [-0.1, -0.05) is 13.5 Å². The predicted octanol–water partition coefficient (Wildman–Crippen LogP) is 3.15. The molecule has 1 heterocycles. The van der Waals surface area contributed by atoms with E-state index in [-0.39, 0.29) is 0 Å². The number of rotatable bonds is 7. The molecule has 17 heavy (non-hydrogen) atoms. The largest absolute Gasteiger partial charge is 0.494 e. The van der Waals surface area contributed by atoms with Crippen molar-refractivity contribution < 1.29 is 4.74 Å². The first-order valence-electron chi connectivity index (χ1n) is 6.19. The van der Waals surface area contributed by atoms with Crippen LogP contribution in [0.4, 0.5) is 0 Å². The van der Waals surface area contributed by atoms with Crippen molar-refractivity contribution in [3.05, 3.63) is 36.2 Å². The molecule has 1 atom stereocenters. The van der Waals surface area contributed by atoms with E-state index in [9.17, 15) is 0 Å². The van der Waals surface area contributed by atoms with Gasteiger partial charge in [-0.25, -0.2) is 0 Å². The second-order valence-corrected chi connectivity index (χ2v) is 4.04. The van der Waals surface area contributed by atoms with Crippen molar-refractivity contribution in [2.45, 2.75) is 33.2 Å². The highest BCUT2D eigenvalue weighted by atomic mass is 16.5. The van der Waals surface area contributed by atoms with Crippen LogP contribution in [-0.2, 0) is 4.74 Å². The maximum atomic E-state index is 5.39. The van der Waals surface area contributed by atoms with E-state index < -0.39 is 0 Å². The minimum Gasteiger partial charge on any atom is -0.494 e. The third-order valence-corrected chi connectivity index (χ3v) is 2.60. The molecule has 1 unspecified atom stereocenters. The lowest BCUT2D eigenvalue weighted by atomic mass is 10.1. The molecule has 1 N–H and O–H groups in total. The van der Waals surface area contributed by atoms with Gasteiger partial charge in [0.05, 0.1) is 6.61 Å². The molecule has 0 aliphatic carbocycles. The number of hydrogen-bond donors (Lipinski definition) is 1. The van der Waals surface area contributed by atoms with Crippen LogP contribution in [0.5, 0.6) is 0 Å². The van der Waals surface area contributed by atoms with Crippen LogP contribution in [0, 0.1) is 0 Å². The van der Waals surface area contributed by atoms with Crippen LogP contribution >= 0.6 is 0 Å². The molecule has 0 spiro atoms.